The van der Waals surface area contributed by atoms with Gasteiger partial charge in [-0.25, -0.2) is 4.98 Å². The summed E-state index contributed by atoms with van der Waals surface area (Å²) in [5.74, 6) is -1.14. The van der Waals surface area contributed by atoms with Gasteiger partial charge in [0.1, 0.15) is 0 Å². The Hall–Kier alpha value is -1.43. The van der Waals surface area contributed by atoms with Crippen LogP contribution in [-0.2, 0) is 22.4 Å². The SMILES string of the molecule is CCc1nc(CC(=O)NC2CCC(C(=O)O)C2)cs1. The van der Waals surface area contributed by atoms with Gasteiger partial charge in [-0.2, -0.15) is 0 Å². The van der Waals surface area contributed by atoms with Crippen LogP contribution in [-0.4, -0.2) is 28.0 Å². The topological polar surface area (TPSA) is 79.3 Å². The van der Waals surface area contributed by atoms with Crippen molar-refractivity contribution in [2.24, 2.45) is 5.92 Å². The van der Waals surface area contributed by atoms with E-state index in [9.17, 15) is 9.59 Å². The van der Waals surface area contributed by atoms with E-state index >= 15 is 0 Å². The van der Waals surface area contributed by atoms with Gasteiger partial charge in [0.2, 0.25) is 5.91 Å². The second-order valence-corrected chi connectivity index (χ2v) is 5.82. The van der Waals surface area contributed by atoms with Crippen molar-refractivity contribution < 1.29 is 14.7 Å². The number of carbonyl (C=O) groups excluding carboxylic acids is 1. The molecule has 104 valence electrons. The quantitative estimate of drug-likeness (QED) is 0.860. The molecular weight excluding hydrogens is 264 g/mol. The van der Waals surface area contributed by atoms with Crippen molar-refractivity contribution in [3.8, 4) is 0 Å². The Morgan fingerprint density at radius 1 is 1.53 bits per heavy atom. The second-order valence-electron chi connectivity index (χ2n) is 4.88. The number of nitrogens with one attached hydrogen (secondary N) is 1. The third-order valence-electron chi connectivity index (χ3n) is 3.39. The summed E-state index contributed by atoms with van der Waals surface area (Å²) in [5, 5.41) is 14.8. The van der Waals surface area contributed by atoms with Crippen LogP contribution in [0.25, 0.3) is 0 Å². The van der Waals surface area contributed by atoms with E-state index in [0.717, 1.165) is 23.5 Å². The van der Waals surface area contributed by atoms with E-state index in [1.165, 1.54) is 0 Å². The number of aryl methyl sites for hydroxylation is 1. The first-order valence-electron chi connectivity index (χ1n) is 6.54. The summed E-state index contributed by atoms with van der Waals surface area (Å²) in [4.78, 5) is 27.0. The Labute approximate surface area is 116 Å². The highest BCUT2D eigenvalue weighted by molar-refractivity contribution is 7.09. The summed E-state index contributed by atoms with van der Waals surface area (Å²) in [7, 11) is 0. The molecule has 0 saturated heterocycles. The predicted octanol–water partition coefficient (Wildman–Crippen LogP) is 1.62. The maximum absolute atomic E-state index is 11.8. The van der Waals surface area contributed by atoms with Crippen LogP contribution in [0.3, 0.4) is 0 Å². The molecule has 0 aromatic carbocycles. The lowest BCUT2D eigenvalue weighted by atomic mass is 10.1. The molecule has 1 aliphatic rings. The van der Waals surface area contributed by atoms with Crippen molar-refractivity contribution in [1.29, 1.82) is 0 Å². The maximum Gasteiger partial charge on any atom is 0.306 e. The molecule has 0 spiro atoms. The van der Waals surface area contributed by atoms with Gasteiger partial charge in [-0.1, -0.05) is 6.92 Å². The van der Waals surface area contributed by atoms with Gasteiger partial charge in [-0.05, 0) is 25.7 Å². The Morgan fingerprint density at radius 3 is 2.89 bits per heavy atom. The second kappa shape index (κ2) is 6.14. The van der Waals surface area contributed by atoms with E-state index in [1.807, 2.05) is 12.3 Å². The molecule has 6 heteroatoms. The van der Waals surface area contributed by atoms with Crippen LogP contribution < -0.4 is 5.32 Å². The average Bonchev–Trinajstić information content (AvgIpc) is 2.98. The van der Waals surface area contributed by atoms with Crippen LogP contribution >= 0.6 is 11.3 Å². The number of aliphatic carboxylic acids is 1. The molecule has 19 heavy (non-hydrogen) atoms. The molecule has 1 aromatic heterocycles. The summed E-state index contributed by atoms with van der Waals surface area (Å²) < 4.78 is 0. The highest BCUT2D eigenvalue weighted by Crippen LogP contribution is 2.25. The summed E-state index contributed by atoms with van der Waals surface area (Å²) in [6.45, 7) is 2.03. The van der Waals surface area contributed by atoms with Crippen molar-refractivity contribution in [3.05, 3.63) is 16.1 Å². The number of carbonyl (C=O) groups is 2. The predicted molar refractivity (Wildman–Crippen MR) is 72.1 cm³/mol. The average molecular weight is 282 g/mol. The summed E-state index contributed by atoms with van der Waals surface area (Å²) >= 11 is 1.57. The first-order valence-corrected chi connectivity index (χ1v) is 7.42. The van der Waals surface area contributed by atoms with Crippen LogP contribution in [0.15, 0.2) is 5.38 Å². The summed E-state index contributed by atoms with van der Waals surface area (Å²) in [6, 6.07) is -0.00196. The number of carboxylic acids is 1. The highest BCUT2D eigenvalue weighted by Gasteiger charge is 2.30. The van der Waals surface area contributed by atoms with Gasteiger partial charge in [0, 0.05) is 11.4 Å². The van der Waals surface area contributed by atoms with E-state index in [-0.39, 0.29) is 24.3 Å². The van der Waals surface area contributed by atoms with Crippen LogP contribution in [0, 0.1) is 5.92 Å². The zero-order valence-electron chi connectivity index (χ0n) is 10.9. The molecule has 2 unspecified atom stereocenters. The first kappa shape index (κ1) is 14.0. The number of amides is 1. The summed E-state index contributed by atoms with van der Waals surface area (Å²) in [5.41, 5.74) is 0.798. The Bertz CT molecular complexity index is 472. The third kappa shape index (κ3) is 3.76. The fourth-order valence-corrected chi connectivity index (χ4v) is 3.12. The van der Waals surface area contributed by atoms with E-state index in [0.29, 0.717) is 12.8 Å². The smallest absolute Gasteiger partial charge is 0.306 e. The van der Waals surface area contributed by atoms with Gasteiger partial charge in [0.05, 0.1) is 23.0 Å². The molecule has 1 saturated carbocycles. The lowest BCUT2D eigenvalue weighted by Gasteiger charge is -2.11. The van der Waals surface area contributed by atoms with Crippen LogP contribution in [0.4, 0.5) is 0 Å². The van der Waals surface area contributed by atoms with Gasteiger partial charge in [0.15, 0.2) is 0 Å². The lowest BCUT2D eigenvalue weighted by Crippen LogP contribution is -2.34. The number of nitrogens with zero attached hydrogens (tertiary/aromatic N) is 1. The van der Waals surface area contributed by atoms with Gasteiger partial charge in [0.25, 0.3) is 0 Å². The maximum atomic E-state index is 11.8. The molecule has 2 N–H and O–H groups in total. The Balaban J connectivity index is 1.80. The molecule has 1 heterocycles. The highest BCUT2D eigenvalue weighted by atomic mass is 32.1. The normalized spacial score (nSPS) is 22.4. The molecule has 0 bridgehead atoms. The minimum Gasteiger partial charge on any atom is -0.481 e. The van der Waals surface area contributed by atoms with Gasteiger partial charge < -0.3 is 10.4 Å². The molecule has 2 atom stereocenters. The first-order chi connectivity index (χ1) is 9.08. The zero-order chi connectivity index (χ0) is 13.8. The molecule has 1 aromatic rings. The third-order valence-corrected chi connectivity index (χ3v) is 4.43. The standard InChI is InChI=1S/C13H18N2O3S/c1-2-12-15-10(7-19-12)6-11(16)14-9-4-3-8(5-9)13(17)18/h7-9H,2-6H2,1H3,(H,14,16)(H,17,18). The molecule has 0 aliphatic heterocycles. The van der Waals surface area contributed by atoms with Gasteiger partial charge >= 0.3 is 5.97 Å². The number of thiazole rings is 1. The monoisotopic (exact) mass is 282 g/mol. The Morgan fingerprint density at radius 2 is 2.32 bits per heavy atom. The molecule has 0 radical (unpaired) electrons. The fraction of sp³-hybridized carbons (Fsp3) is 0.615. The van der Waals surface area contributed by atoms with E-state index in [4.69, 9.17) is 5.11 Å². The van der Waals surface area contributed by atoms with Crippen LogP contribution in [0.2, 0.25) is 0 Å². The number of carboxylic acid groups (broad SMARTS) is 1. The fourth-order valence-electron chi connectivity index (χ4n) is 2.37. The number of aromatic nitrogens is 1. The molecule has 1 amide bonds. The van der Waals surface area contributed by atoms with Crippen molar-refractivity contribution in [1.82, 2.24) is 10.3 Å². The van der Waals surface area contributed by atoms with E-state index in [1.54, 1.807) is 11.3 Å². The minimum absolute atomic E-state index is 0.00196. The van der Waals surface area contributed by atoms with E-state index < -0.39 is 5.97 Å². The zero-order valence-corrected chi connectivity index (χ0v) is 11.7. The van der Waals surface area contributed by atoms with Gasteiger partial charge in [-0.15, -0.1) is 11.3 Å². The van der Waals surface area contributed by atoms with Crippen molar-refractivity contribution in [2.45, 2.75) is 45.1 Å². The van der Waals surface area contributed by atoms with Crippen LogP contribution in [0.5, 0.6) is 0 Å². The van der Waals surface area contributed by atoms with E-state index in [2.05, 4.69) is 10.3 Å². The van der Waals surface area contributed by atoms with Crippen molar-refractivity contribution >= 4 is 23.2 Å². The molecule has 1 fully saturated rings. The van der Waals surface area contributed by atoms with Gasteiger partial charge in [-0.3, -0.25) is 9.59 Å². The number of hydrogen-bond donors (Lipinski definition) is 2. The Kier molecular flexibility index (Phi) is 4.52. The molecule has 1 aliphatic carbocycles. The largest absolute Gasteiger partial charge is 0.481 e. The molecular formula is C13H18N2O3S. The minimum atomic E-state index is -0.760. The van der Waals surface area contributed by atoms with Crippen molar-refractivity contribution in [3.63, 3.8) is 0 Å². The van der Waals surface area contributed by atoms with Crippen LogP contribution in [0.1, 0.15) is 36.9 Å². The molecule has 2 rings (SSSR count). The van der Waals surface area contributed by atoms with Crippen molar-refractivity contribution in [2.75, 3.05) is 0 Å². The molecule has 5 nitrogen and oxygen atoms in total. The number of hydrogen-bond acceptors (Lipinski definition) is 4. The summed E-state index contributed by atoms with van der Waals surface area (Å²) in [6.07, 6.45) is 3.11. The lowest BCUT2D eigenvalue weighted by molar-refractivity contribution is -0.141. The number of rotatable bonds is 5.